The Labute approximate surface area is 144 Å². The zero-order chi connectivity index (χ0) is 15.9. The first-order valence-corrected chi connectivity index (χ1v) is 7.63. The molecule has 1 aliphatic rings. The summed E-state index contributed by atoms with van der Waals surface area (Å²) in [7, 11) is 0. The van der Waals surface area contributed by atoms with E-state index in [1.165, 1.54) is 6.20 Å². The van der Waals surface area contributed by atoms with Crippen LogP contribution in [0.25, 0.3) is 17.3 Å². The second-order valence-electron chi connectivity index (χ2n) is 5.93. The maximum Gasteiger partial charge on any atom is 0.282 e. The van der Waals surface area contributed by atoms with Gasteiger partial charge in [-0.1, -0.05) is 36.2 Å². The van der Waals surface area contributed by atoms with E-state index in [1.807, 2.05) is 30.3 Å². The Bertz CT molecular complexity index is 824. The largest absolute Gasteiger partial charge is 0.504 e. The fraction of sp³-hybridized carbons (Fsp3) is 0.312. The van der Waals surface area contributed by atoms with E-state index in [1.54, 1.807) is 4.68 Å². The van der Waals surface area contributed by atoms with Crippen LogP contribution in [0.4, 0.5) is 0 Å². The average Bonchev–Trinajstić information content (AvgIpc) is 3.28. The van der Waals surface area contributed by atoms with Crippen LogP contribution in [0, 0.1) is 0 Å². The highest BCUT2D eigenvalue weighted by Crippen LogP contribution is 2.36. The van der Waals surface area contributed by atoms with Gasteiger partial charge in [-0.15, -0.1) is 12.4 Å². The van der Waals surface area contributed by atoms with Crippen molar-refractivity contribution in [2.24, 2.45) is 5.73 Å². The molecule has 0 radical (unpaired) electrons. The first-order chi connectivity index (χ1) is 11.2. The first kappa shape index (κ1) is 16.5. The fourth-order valence-electron chi connectivity index (χ4n) is 2.98. The second kappa shape index (κ2) is 6.26. The Balaban J connectivity index is 0.00000169. The summed E-state index contributed by atoms with van der Waals surface area (Å²) in [6.45, 7) is 0. The molecule has 3 aromatic rings. The Morgan fingerprint density at radius 3 is 2.58 bits per heavy atom. The minimum Gasteiger partial charge on any atom is -0.504 e. The van der Waals surface area contributed by atoms with E-state index >= 15 is 0 Å². The van der Waals surface area contributed by atoms with Crippen LogP contribution < -0.4 is 5.73 Å². The van der Waals surface area contributed by atoms with Gasteiger partial charge in [0.25, 0.3) is 5.89 Å². The van der Waals surface area contributed by atoms with Gasteiger partial charge in [0, 0.05) is 0 Å². The molecule has 24 heavy (non-hydrogen) atoms. The minimum atomic E-state index is -0.528. The molecule has 0 unspecified atom stereocenters. The van der Waals surface area contributed by atoms with Crippen LogP contribution in [-0.4, -0.2) is 25.0 Å². The van der Waals surface area contributed by atoms with Crippen LogP contribution in [0.3, 0.4) is 0 Å². The minimum absolute atomic E-state index is 0. The monoisotopic (exact) mass is 347 g/mol. The Morgan fingerprint density at radius 2 is 1.88 bits per heavy atom. The fourth-order valence-corrected chi connectivity index (χ4v) is 2.98. The summed E-state index contributed by atoms with van der Waals surface area (Å²) < 4.78 is 6.85. The number of hydrogen-bond acceptors (Lipinski definition) is 6. The van der Waals surface area contributed by atoms with E-state index in [-0.39, 0.29) is 29.7 Å². The zero-order valence-electron chi connectivity index (χ0n) is 12.9. The molecular weight excluding hydrogens is 330 g/mol. The van der Waals surface area contributed by atoms with Crippen LogP contribution in [0.1, 0.15) is 31.5 Å². The Morgan fingerprint density at radius 1 is 1.17 bits per heavy atom. The van der Waals surface area contributed by atoms with Gasteiger partial charge in [0.1, 0.15) is 0 Å². The van der Waals surface area contributed by atoms with Crippen molar-refractivity contribution in [3.8, 4) is 23.0 Å². The molecule has 7 nitrogen and oxygen atoms in total. The molecule has 0 atom stereocenters. The molecule has 0 saturated heterocycles. The highest BCUT2D eigenvalue weighted by atomic mass is 35.5. The van der Waals surface area contributed by atoms with Gasteiger partial charge < -0.3 is 15.4 Å². The molecule has 1 saturated carbocycles. The normalized spacial score (nSPS) is 16.0. The molecular formula is C16H18ClN5O2. The molecule has 0 bridgehead atoms. The van der Waals surface area contributed by atoms with Crippen LogP contribution in [0.15, 0.2) is 41.1 Å². The molecule has 1 aromatic carbocycles. The van der Waals surface area contributed by atoms with Gasteiger partial charge in [0.05, 0.1) is 17.4 Å². The van der Waals surface area contributed by atoms with Gasteiger partial charge in [-0.25, -0.2) is 4.68 Å². The summed E-state index contributed by atoms with van der Waals surface area (Å²) in [6, 6.07) is 9.50. The molecule has 0 spiro atoms. The van der Waals surface area contributed by atoms with Crippen LogP contribution in [0.5, 0.6) is 5.75 Å². The number of aromatic hydroxyl groups is 1. The first-order valence-electron chi connectivity index (χ1n) is 7.63. The number of benzene rings is 1. The van der Waals surface area contributed by atoms with E-state index in [4.69, 9.17) is 10.3 Å². The predicted octanol–water partition coefficient (Wildman–Crippen LogP) is 2.78. The number of aromatic nitrogens is 4. The summed E-state index contributed by atoms with van der Waals surface area (Å²) >= 11 is 0. The van der Waals surface area contributed by atoms with Gasteiger partial charge in [-0.05, 0) is 25.0 Å². The quantitative estimate of drug-likeness (QED) is 0.755. The van der Waals surface area contributed by atoms with E-state index in [0.717, 1.165) is 31.4 Å². The molecule has 2 aromatic heterocycles. The molecule has 4 rings (SSSR count). The predicted molar refractivity (Wildman–Crippen MR) is 90.1 cm³/mol. The summed E-state index contributed by atoms with van der Waals surface area (Å²) in [5.41, 5.74) is 6.90. The van der Waals surface area contributed by atoms with Gasteiger partial charge in [-0.2, -0.15) is 10.1 Å². The number of para-hydroxylation sites is 1. The zero-order valence-corrected chi connectivity index (χ0v) is 13.7. The smallest absolute Gasteiger partial charge is 0.282 e. The third kappa shape index (κ3) is 2.76. The van der Waals surface area contributed by atoms with Crippen LogP contribution in [-0.2, 0) is 5.54 Å². The number of rotatable bonds is 3. The van der Waals surface area contributed by atoms with Gasteiger partial charge in [0.2, 0.25) is 0 Å². The van der Waals surface area contributed by atoms with Crippen molar-refractivity contribution in [1.29, 1.82) is 0 Å². The number of halogens is 1. The van der Waals surface area contributed by atoms with E-state index in [2.05, 4.69) is 15.2 Å². The van der Waals surface area contributed by atoms with Crippen molar-refractivity contribution in [2.75, 3.05) is 0 Å². The molecule has 8 heteroatoms. The third-order valence-corrected chi connectivity index (χ3v) is 4.29. The molecule has 2 heterocycles. The lowest BCUT2D eigenvalue weighted by molar-refractivity contribution is 0.371. The molecule has 0 aliphatic heterocycles. The van der Waals surface area contributed by atoms with Crippen molar-refractivity contribution in [3.05, 3.63) is 42.4 Å². The molecule has 1 aliphatic carbocycles. The van der Waals surface area contributed by atoms with Crippen LogP contribution >= 0.6 is 12.4 Å². The average molecular weight is 348 g/mol. The maximum atomic E-state index is 10.1. The van der Waals surface area contributed by atoms with E-state index in [9.17, 15) is 5.11 Å². The molecule has 3 N–H and O–H groups in total. The highest BCUT2D eigenvalue weighted by Gasteiger charge is 2.36. The van der Waals surface area contributed by atoms with E-state index in [0.29, 0.717) is 5.82 Å². The van der Waals surface area contributed by atoms with Gasteiger partial charge in [0.15, 0.2) is 17.3 Å². The summed E-state index contributed by atoms with van der Waals surface area (Å²) in [5, 5.41) is 18.5. The lowest BCUT2D eigenvalue weighted by atomic mass is 9.99. The Hall–Kier alpha value is -2.38. The summed E-state index contributed by atoms with van der Waals surface area (Å²) in [6.07, 6.45) is 5.33. The standard InChI is InChI=1S/C16H17N5O2.ClH/c17-16(8-4-5-9-16)15-18-14(23-20-15)13-12(22)10-21(19-13)11-6-2-1-3-7-11;/h1-3,6-7,10,22H,4-5,8-9,17H2;1H. The third-order valence-electron chi connectivity index (χ3n) is 4.29. The van der Waals surface area contributed by atoms with Crippen LogP contribution in [0.2, 0.25) is 0 Å². The summed E-state index contributed by atoms with van der Waals surface area (Å²) in [4.78, 5) is 4.36. The van der Waals surface area contributed by atoms with Crippen molar-refractivity contribution in [2.45, 2.75) is 31.2 Å². The summed E-state index contributed by atoms with van der Waals surface area (Å²) in [5.74, 6) is 0.657. The molecule has 0 amide bonds. The van der Waals surface area contributed by atoms with Crippen molar-refractivity contribution in [1.82, 2.24) is 19.9 Å². The number of nitrogens with zero attached hydrogens (tertiary/aromatic N) is 4. The van der Waals surface area contributed by atoms with Gasteiger partial charge >= 0.3 is 0 Å². The topological polar surface area (TPSA) is 103 Å². The second-order valence-corrected chi connectivity index (χ2v) is 5.93. The molecule has 126 valence electrons. The van der Waals surface area contributed by atoms with Gasteiger partial charge in [-0.3, -0.25) is 0 Å². The SMILES string of the molecule is Cl.NC1(c2noc(-c3nn(-c4ccccc4)cc3O)n2)CCCC1. The maximum absolute atomic E-state index is 10.1. The number of hydrogen-bond donors (Lipinski definition) is 2. The number of nitrogens with two attached hydrogens (primary N) is 1. The lowest BCUT2D eigenvalue weighted by Crippen LogP contribution is -2.34. The highest BCUT2D eigenvalue weighted by molar-refractivity contribution is 5.85. The lowest BCUT2D eigenvalue weighted by Gasteiger charge is -2.17. The Kier molecular flexibility index (Phi) is 4.29. The van der Waals surface area contributed by atoms with Crippen molar-refractivity contribution in [3.63, 3.8) is 0 Å². The van der Waals surface area contributed by atoms with Crippen molar-refractivity contribution < 1.29 is 9.63 Å². The molecule has 1 fully saturated rings. The van der Waals surface area contributed by atoms with Crippen molar-refractivity contribution >= 4 is 12.4 Å². The van der Waals surface area contributed by atoms with E-state index < -0.39 is 5.54 Å².